The van der Waals surface area contributed by atoms with E-state index in [0.717, 1.165) is 16.5 Å². The summed E-state index contributed by atoms with van der Waals surface area (Å²) in [5.74, 6) is 0. The van der Waals surface area contributed by atoms with Crippen molar-refractivity contribution >= 4 is 33.0 Å². The molecule has 0 aliphatic carbocycles. The Morgan fingerprint density at radius 3 is 2.50 bits per heavy atom. The first kappa shape index (κ1) is 11.2. The van der Waals surface area contributed by atoms with E-state index in [2.05, 4.69) is 4.98 Å². The lowest BCUT2D eigenvalue weighted by molar-refractivity contribution is 0.646. The lowest BCUT2D eigenvalue weighted by atomic mass is 10.0. The summed E-state index contributed by atoms with van der Waals surface area (Å²) in [6.45, 7) is 1.94. The number of hydrogen-bond donors (Lipinski definition) is 0. The average Bonchev–Trinajstić information content (AvgIpc) is 2.47. The van der Waals surface area contributed by atoms with Gasteiger partial charge in [-0.05, 0) is 30.7 Å². The van der Waals surface area contributed by atoms with Crippen LogP contribution in [0.1, 0.15) is 5.56 Å². The number of aromatic nitrogens is 1. The Kier molecular flexibility index (Phi) is 2.18. The minimum Gasteiger partial charge on any atom is -0.437 e. The van der Waals surface area contributed by atoms with Gasteiger partial charge >= 0.3 is 0 Å². The zero-order valence-electron chi connectivity index (χ0n) is 10.9. The quantitative estimate of drug-likeness (QED) is 0.452. The van der Waals surface area contributed by atoms with Gasteiger partial charge in [0.25, 0.3) is 0 Å². The van der Waals surface area contributed by atoms with Gasteiger partial charge in [0, 0.05) is 5.39 Å². The number of pyridine rings is 1. The molecule has 2 aromatic heterocycles. The van der Waals surface area contributed by atoms with Crippen LogP contribution in [0.3, 0.4) is 0 Å². The van der Waals surface area contributed by atoms with Crippen molar-refractivity contribution in [2.75, 3.05) is 0 Å². The molecule has 0 radical (unpaired) electrons. The van der Waals surface area contributed by atoms with Crippen LogP contribution in [0.4, 0.5) is 0 Å². The van der Waals surface area contributed by atoms with E-state index in [0.29, 0.717) is 22.1 Å². The van der Waals surface area contributed by atoms with Gasteiger partial charge in [-0.2, -0.15) is 0 Å². The van der Waals surface area contributed by atoms with Gasteiger partial charge in [-0.15, -0.1) is 0 Å². The summed E-state index contributed by atoms with van der Waals surface area (Å²) in [6, 6.07) is 15.1. The summed E-state index contributed by atoms with van der Waals surface area (Å²) in [5, 5.41) is 2.16. The highest BCUT2D eigenvalue weighted by Gasteiger charge is 2.13. The van der Waals surface area contributed by atoms with Crippen LogP contribution in [-0.2, 0) is 0 Å². The lowest BCUT2D eigenvalue weighted by Crippen LogP contribution is -2.05. The minimum absolute atomic E-state index is 0.0161. The zero-order valence-corrected chi connectivity index (χ0v) is 10.9. The predicted octanol–water partition coefficient (Wildman–Crippen LogP) is 3.80. The van der Waals surface area contributed by atoms with Crippen molar-refractivity contribution in [2.45, 2.75) is 6.92 Å². The fourth-order valence-corrected chi connectivity index (χ4v) is 2.67. The first-order valence-electron chi connectivity index (χ1n) is 6.46. The lowest BCUT2D eigenvalue weighted by Gasteiger charge is -2.06. The van der Waals surface area contributed by atoms with Gasteiger partial charge in [-0.3, -0.25) is 4.79 Å². The van der Waals surface area contributed by atoms with Gasteiger partial charge < -0.3 is 4.42 Å². The van der Waals surface area contributed by atoms with Crippen molar-refractivity contribution in [3.05, 3.63) is 64.3 Å². The monoisotopic (exact) mass is 261 g/mol. The molecule has 2 aromatic carbocycles. The Balaban J connectivity index is 2.35. The second-order valence-corrected chi connectivity index (χ2v) is 4.86. The van der Waals surface area contributed by atoms with Crippen molar-refractivity contribution < 1.29 is 4.42 Å². The number of hydrogen-bond acceptors (Lipinski definition) is 3. The van der Waals surface area contributed by atoms with Gasteiger partial charge in [0.2, 0.25) is 11.1 Å². The summed E-state index contributed by atoms with van der Waals surface area (Å²) in [4.78, 5) is 17.1. The number of rotatable bonds is 0. The molecule has 0 atom stereocenters. The third-order valence-corrected chi connectivity index (χ3v) is 3.68. The molecule has 0 saturated carbocycles. The van der Waals surface area contributed by atoms with Crippen LogP contribution in [0, 0.1) is 6.92 Å². The summed E-state index contributed by atoms with van der Waals surface area (Å²) in [6.07, 6.45) is 0. The first-order chi connectivity index (χ1) is 9.75. The largest absolute Gasteiger partial charge is 0.437 e. The highest BCUT2D eigenvalue weighted by Crippen LogP contribution is 2.25. The Labute approximate surface area is 114 Å². The molecule has 20 heavy (non-hydrogen) atoms. The normalized spacial score (nSPS) is 11.4. The van der Waals surface area contributed by atoms with Gasteiger partial charge in [0.05, 0.1) is 16.3 Å². The van der Waals surface area contributed by atoms with E-state index in [1.807, 2.05) is 43.3 Å². The smallest absolute Gasteiger partial charge is 0.231 e. The van der Waals surface area contributed by atoms with E-state index >= 15 is 0 Å². The third-order valence-electron chi connectivity index (χ3n) is 3.68. The van der Waals surface area contributed by atoms with Gasteiger partial charge in [0.1, 0.15) is 5.58 Å². The summed E-state index contributed by atoms with van der Waals surface area (Å²) >= 11 is 0. The molecule has 0 spiro atoms. The average molecular weight is 261 g/mol. The van der Waals surface area contributed by atoms with Crippen molar-refractivity contribution in [3.8, 4) is 0 Å². The molecule has 0 bridgehead atoms. The third kappa shape index (κ3) is 1.40. The standard InChI is InChI=1S/C17H11NO2/c1-10-11-6-2-4-8-13(11)18-17-15(10)16(19)12-7-3-5-9-14(12)20-17/h2-9H,1H3. The van der Waals surface area contributed by atoms with Crippen molar-refractivity contribution in [3.63, 3.8) is 0 Å². The number of para-hydroxylation sites is 2. The molecule has 0 aliphatic rings. The molecule has 0 aliphatic heterocycles. The number of benzene rings is 2. The highest BCUT2D eigenvalue weighted by molar-refractivity contribution is 5.98. The van der Waals surface area contributed by atoms with Crippen LogP contribution in [0.5, 0.6) is 0 Å². The van der Waals surface area contributed by atoms with E-state index in [-0.39, 0.29) is 5.43 Å². The van der Waals surface area contributed by atoms with E-state index in [1.165, 1.54) is 0 Å². The summed E-state index contributed by atoms with van der Waals surface area (Å²) in [5.41, 5.74) is 2.73. The SMILES string of the molecule is Cc1c2ccccc2nc2oc3ccccc3c(=O)c12. The second kappa shape index (κ2) is 3.90. The Bertz CT molecular complexity index is 1030. The van der Waals surface area contributed by atoms with Gasteiger partial charge in [0.15, 0.2) is 0 Å². The van der Waals surface area contributed by atoms with Crippen LogP contribution in [0.25, 0.3) is 33.0 Å². The molecular formula is C17H11NO2. The Morgan fingerprint density at radius 1 is 0.950 bits per heavy atom. The molecule has 0 unspecified atom stereocenters. The van der Waals surface area contributed by atoms with E-state index in [1.54, 1.807) is 12.1 Å². The zero-order chi connectivity index (χ0) is 13.7. The van der Waals surface area contributed by atoms with Crippen LogP contribution in [0.2, 0.25) is 0 Å². The van der Waals surface area contributed by atoms with E-state index in [9.17, 15) is 4.79 Å². The molecule has 0 fully saturated rings. The van der Waals surface area contributed by atoms with Crippen molar-refractivity contribution in [2.24, 2.45) is 0 Å². The molecule has 0 saturated heterocycles. The van der Waals surface area contributed by atoms with E-state index in [4.69, 9.17) is 4.42 Å². The maximum atomic E-state index is 12.7. The number of fused-ring (bicyclic) bond motifs is 3. The van der Waals surface area contributed by atoms with Crippen molar-refractivity contribution in [1.29, 1.82) is 0 Å². The first-order valence-corrected chi connectivity index (χ1v) is 6.46. The Morgan fingerprint density at radius 2 is 1.65 bits per heavy atom. The predicted molar refractivity (Wildman–Crippen MR) is 80.0 cm³/mol. The van der Waals surface area contributed by atoms with Crippen LogP contribution in [0.15, 0.2) is 57.7 Å². The highest BCUT2D eigenvalue weighted by atomic mass is 16.3. The van der Waals surface area contributed by atoms with E-state index < -0.39 is 0 Å². The molecular weight excluding hydrogens is 250 g/mol. The molecule has 3 heteroatoms. The van der Waals surface area contributed by atoms with Crippen LogP contribution in [-0.4, -0.2) is 4.98 Å². The maximum Gasteiger partial charge on any atom is 0.231 e. The van der Waals surface area contributed by atoms with Gasteiger partial charge in [-0.25, -0.2) is 4.98 Å². The van der Waals surface area contributed by atoms with Crippen LogP contribution < -0.4 is 5.43 Å². The summed E-state index contributed by atoms with van der Waals surface area (Å²) in [7, 11) is 0. The maximum absolute atomic E-state index is 12.7. The van der Waals surface area contributed by atoms with Crippen molar-refractivity contribution in [1.82, 2.24) is 4.98 Å². The molecule has 0 amide bonds. The number of nitrogens with zero attached hydrogens (tertiary/aromatic N) is 1. The Hall–Kier alpha value is -2.68. The second-order valence-electron chi connectivity index (χ2n) is 4.86. The van der Waals surface area contributed by atoms with Gasteiger partial charge in [-0.1, -0.05) is 30.3 Å². The minimum atomic E-state index is -0.0161. The van der Waals surface area contributed by atoms with Crippen LogP contribution >= 0.6 is 0 Å². The molecule has 0 N–H and O–H groups in total. The molecule has 3 nitrogen and oxygen atoms in total. The molecule has 4 rings (SSSR count). The fourth-order valence-electron chi connectivity index (χ4n) is 2.67. The number of aryl methyl sites for hydroxylation is 1. The molecule has 4 aromatic rings. The molecule has 2 heterocycles. The molecule has 96 valence electrons. The summed E-state index contributed by atoms with van der Waals surface area (Å²) < 4.78 is 5.80. The fraction of sp³-hybridized carbons (Fsp3) is 0.0588. The topological polar surface area (TPSA) is 43.1 Å².